The molecule has 1 aliphatic heterocycles. The van der Waals surface area contributed by atoms with Crippen molar-refractivity contribution in [1.29, 1.82) is 0 Å². The Morgan fingerprint density at radius 3 is 2.82 bits per heavy atom. The molecule has 0 saturated carbocycles. The van der Waals surface area contributed by atoms with Crippen LogP contribution >= 0.6 is 11.3 Å². The minimum absolute atomic E-state index is 0.00784. The van der Waals surface area contributed by atoms with Crippen molar-refractivity contribution in [2.45, 2.75) is 18.6 Å². The molecule has 1 aromatic carbocycles. The third-order valence-electron chi connectivity index (χ3n) is 5.64. The smallest absolute Gasteiger partial charge is 0.237 e. The van der Waals surface area contributed by atoms with Gasteiger partial charge in [0, 0.05) is 24.5 Å². The Labute approximate surface area is 205 Å². The first-order chi connectivity index (χ1) is 16.6. The van der Waals surface area contributed by atoms with Crippen molar-refractivity contribution in [3.8, 4) is 11.5 Å². The fraction of sp³-hybridized carbons (Fsp3) is 0.423. The van der Waals surface area contributed by atoms with Crippen LogP contribution < -0.4 is 9.47 Å². The fourth-order valence-electron chi connectivity index (χ4n) is 4.09. The van der Waals surface area contributed by atoms with Crippen LogP contribution in [0.25, 0.3) is 0 Å². The molecule has 0 saturated heterocycles. The lowest BCUT2D eigenvalue weighted by Crippen LogP contribution is -2.48. The lowest BCUT2D eigenvalue weighted by Gasteiger charge is -2.37. The molecule has 0 radical (unpaired) electrons. The number of aliphatic hydroxyl groups excluding tert-OH is 1. The Balaban J connectivity index is 1.70. The molecule has 0 spiro atoms. The quantitative estimate of drug-likeness (QED) is 0.326. The van der Waals surface area contributed by atoms with Crippen molar-refractivity contribution < 1.29 is 24.1 Å². The van der Waals surface area contributed by atoms with Crippen LogP contribution in [0.3, 0.4) is 0 Å². The predicted octanol–water partition coefficient (Wildman–Crippen LogP) is 3.31. The molecule has 0 aliphatic carbocycles. The van der Waals surface area contributed by atoms with Gasteiger partial charge < -0.3 is 24.2 Å². The van der Waals surface area contributed by atoms with Crippen LogP contribution in [0.15, 0.2) is 61.0 Å². The molecule has 1 aromatic heterocycles. The van der Waals surface area contributed by atoms with Crippen LogP contribution in [0.1, 0.15) is 16.5 Å². The summed E-state index contributed by atoms with van der Waals surface area (Å²) in [4.78, 5) is 18.5. The van der Waals surface area contributed by atoms with Crippen LogP contribution in [0.5, 0.6) is 11.5 Å². The van der Waals surface area contributed by atoms with Gasteiger partial charge in [0.25, 0.3) is 0 Å². The largest absolute Gasteiger partial charge is 0.493 e. The topological polar surface area (TPSA) is 71.5 Å². The average molecular weight is 487 g/mol. The molecular weight excluding hydrogens is 452 g/mol. The number of amides is 1. The number of nitrogens with zero attached hydrogens (tertiary/aromatic N) is 2. The van der Waals surface area contributed by atoms with Crippen LogP contribution in [0.4, 0.5) is 0 Å². The maximum atomic E-state index is 13.4. The van der Waals surface area contributed by atoms with Gasteiger partial charge in [-0.15, -0.1) is 24.5 Å². The first-order valence-corrected chi connectivity index (χ1v) is 12.3. The molecule has 0 bridgehead atoms. The summed E-state index contributed by atoms with van der Waals surface area (Å²) in [5.41, 5.74) is 1.13. The Kier molecular flexibility index (Phi) is 10.2. The number of benzene rings is 1. The van der Waals surface area contributed by atoms with Gasteiger partial charge in [0.15, 0.2) is 11.5 Å². The number of carbonyl (C=O) groups excluding carboxylic acids is 1. The van der Waals surface area contributed by atoms with Crippen molar-refractivity contribution in [2.75, 3.05) is 53.1 Å². The summed E-state index contributed by atoms with van der Waals surface area (Å²) in [6.45, 7) is 9.90. The van der Waals surface area contributed by atoms with E-state index < -0.39 is 6.10 Å². The molecule has 2 unspecified atom stereocenters. The number of ether oxygens (including phenoxy) is 3. The molecular formula is C26H34N2O5S. The van der Waals surface area contributed by atoms with E-state index in [2.05, 4.69) is 24.6 Å². The zero-order valence-electron chi connectivity index (χ0n) is 19.7. The number of rotatable bonds is 14. The maximum Gasteiger partial charge on any atom is 0.237 e. The van der Waals surface area contributed by atoms with Gasteiger partial charge in [-0.05, 0) is 35.6 Å². The standard InChI is InChI=1S/C26H34N2O5S/c1-4-12-27(16-20(29)18-32-14-5-2)17-26(30)28-13-10-25-21(11-15-34-25)22(28)19-33-24-9-7-6-8-23(24)31-3/h4-9,11,15,20,22,29H,1-2,10,12-14,16-19H2,3H3. The number of carbonyl (C=O) groups is 1. The van der Waals surface area contributed by atoms with Gasteiger partial charge in [0.2, 0.25) is 5.91 Å². The van der Waals surface area contributed by atoms with Crippen molar-refractivity contribution in [3.63, 3.8) is 0 Å². The molecule has 0 fully saturated rings. The van der Waals surface area contributed by atoms with E-state index >= 15 is 0 Å². The summed E-state index contributed by atoms with van der Waals surface area (Å²) in [7, 11) is 1.61. The molecule has 34 heavy (non-hydrogen) atoms. The van der Waals surface area contributed by atoms with E-state index in [-0.39, 0.29) is 25.1 Å². The molecule has 3 rings (SSSR count). The highest BCUT2D eigenvalue weighted by molar-refractivity contribution is 7.10. The molecule has 8 heteroatoms. The summed E-state index contributed by atoms with van der Waals surface area (Å²) in [6, 6.07) is 9.40. The normalized spacial score (nSPS) is 16.1. The van der Waals surface area contributed by atoms with E-state index in [1.54, 1.807) is 30.6 Å². The predicted molar refractivity (Wildman–Crippen MR) is 135 cm³/mol. The van der Waals surface area contributed by atoms with Crippen molar-refractivity contribution in [1.82, 2.24) is 9.80 Å². The highest BCUT2D eigenvalue weighted by atomic mass is 32.1. The zero-order valence-corrected chi connectivity index (χ0v) is 20.5. The second-order valence-corrected chi connectivity index (χ2v) is 9.08. The molecule has 7 nitrogen and oxygen atoms in total. The van der Waals surface area contributed by atoms with Gasteiger partial charge in [-0.2, -0.15) is 0 Å². The van der Waals surface area contributed by atoms with E-state index in [0.29, 0.717) is 44.3 Å². The Bertz CT molecular complexity index is 947. The van der Waals surface area contributed by atoms with Crippen LogP contribution in [-0.4, -0.2) is 80.0 Å². The lowest BCUT2D eigenvalue weighted by atomic mass is 10.0. The van der Waals surface area contributed by atoms with Gasteiger partial charge >= 0.3 is 0 Å². The summed E-state index contributed by atoms with van der Waals surface area (Å²) >= 11 is 1.72. The lowest BCUT2D eigenvalue weighted by molar-refractivity contribution is -0.136. The van der Waals surface area contributed by atoms with Crippen LogP contribution in [-0.2, 0) is 16.0 Å². The first kappa shape index (κ1) is 26.0. The Hall–Kier alpha value is -2.65. The molecule has 1 amide bonds. The summed E-state index contributed by atoms with van der Waals surface area (Å²) < 4.78 is 16.9. The van der Waals surface area contributed by atoms with E-state index in [4.69, 9.17) is 14.2 Å². The molecule has 184 valence electrons. The zero-order chi connectivity index (χ0) is 24.3. The van der Waals surface area contributed by atoms with Crippen molar-refractivity contribution in [2.24, 2.45) is 0 Å². The SMILES string of the molecule is C=CCOCC(O)CN(CC=C)CC(=O)N1CCc2sccc2C1COc1ccccc1OC. The third kappa shape index (κ3) is 6.93. The van der Waals surface area contributed by atoms with E-state index in [9.17, 15) is 9.90 Å². The van der Waals surface area contributed by atoms with E-state index in [1.165, 1.54) is 4.88 Å². The van der Waals surface area contributed by atoms with E-state index in [1.807, 2.05) is 34.1 Å². The molecule has 2 aromatic rings. The number of para-hydroxylation sites is 2. The van der Waals surface area contributed by atoms with Crippen molar-refractivity contribution in [3.05, 3.63) is 71.5 Å². The van der Waals surface area contributed by atoms with Gasteiger partial charge in [0.1, 0.15) is 6.61 Å². The van der Waals surface area contributed by atoms with Gasteiger partial charge in [-0.25, -0.2) is 0 Å². The van der Waals surface area contributed by atoms with Crippen LogP contribution in [0, 0.1) is 0 Å². The summed E-state index contributed by atoms with van der Waals surface area (Å²) in [5.74, 6) is 1.30. The molecule has 1 aliphatic rings. The highest BCUT2D eigenvalue weighted by Crippen LogP contribution is 2.35. The Morgan fingerprint density at radius 2 is 2.09 bits per heavy atom. The number of thiophene rings is 1. The van der Waals surface area contributed by atoms with Gasteiger partial charge in [0.05, 0.1) is 39.0 Å². The number of hydrogen-bond acceptors (Lipinski definition) is 7. The average Bonchev–Trinajstić information content (AvgIpc) is 3.32. The number of fused-ring (bicyclic) bond motifs is 1. The van der Waals surface area contributed by atoms with Gasteiger partial charge in [-0.1, -0.05) is 24.3 Å². The molecule has 2 atom stereocenters. The summed E-state index contributed by atoms with van der Waals surface area (Å²) in [6.07, 6.45) is 3.49. The third-order valence-corrected chi connectivity index (χ3v) is 6.64. The van der Waals surface area contributed by atoms with Gasteiger partial charge in [-0.3, -0.25) is 9.69 Å². The highest BCUT2D eigenvalue weighted by Gasteiger charge is 2.33. The minimum atomic E-state index is -0.706. The second kappa shape index (κ2) is 13.3. The Morgan fingerprint density at radius 1 is 1.29 bits per heavy atom. The van der Waals surface area contributed by atoms with E-state index in [0.717, 1.165) is 12.0 Å². The minimum Gasteiger partial charge on any atom is -0.493 e. The number of hydrogen-bond donors (Lipinski definition) is 1. The van der Waals surface area contributed by atoms with Crippen LogP contribution in [0.2, 0.25) is 0 Å². The first-order valence-electron chi connectivity index (χ1n) is 11.4. The monoisotopic (exact) mass is 486 g/mol. The number of methoxy groups -OCH3 is 1. The molecule has 1 N–H and O–H groups in total. The van der Waals surface area contributed by atoms with Crippen molar-refractivity contribution >= 4 is 17.2 Å². The molecule has 2 heterocycles. The maximum absolute atomic E-state index is 13.4. The number of aliphatic hydroxyl groups is 1. The second-order valence-electron chi connectivity index (χ2n) is 8.08. The fourth-order valence-corrected chi connectivity index (χ4v) is 5.02. The summed E-state index contributed by atoms with van der Waals surface area (Å²) in [5, 5.41) is 12.4.